The highest BCUT2D eigenvalue weighted by Gasteiger charge is 2.13. The van der Waals surface area contributed by atoms with Crippen molar-refractivity contribution in [3.63, 3.8) is 0 Å². The SMILES string of the molecule is O=[N+]([O-])c1cccc(-c2csc(Nc3ccc4c(c3)OCCO4)n2)c1. The number of thiazole rings is 1. The zero-order valence-corrected chi connectivity index (χ0v) is 13.8. The summed E-state index contributed by atoms with van der Waals surface area (Å²) in [6.07, 6.45) is 0. The lowest BCUT2D eigenvalue weighted by molar-refractivity contribution is -0.384. The molecule has 0 aliphatic carbocycles. The number of benzene rings is 2. The Bertz CT molecular complexity index is 941. The zero-order chi connectivity index (χ0) is 17.2. The van der Waals surface area contributed by atoms with E-state index in [1.807, 2.05) is 23.6 Å². The molecule has 1 aliphatic rings. The number of nitrogens with one attached hydrogen (secondary N) is 1. The van der Waals surface area contributed by atoms with Gasteiger partial charge in [-0.1, -0.05) is 12.1 Å². The monoisotopic (exact) mass is 355 g/mol. The third-order valence-electron chi connectivity index (χ3n) is 3.65. The maximum absolute atomic E-state index is 10.9. The minimum Gasteiger partial charge on any atom is -0.486 e. The molecule has 1 aromatic heterocycles. The van der Waals surface area contributed by atoms with Gasteiger partial charge in [0.25, 0.3) is 5.69 Å². The standard InChI is InChI=1S/C17H13N3O4S/c21-20(22)13-3-1-2-11(8-13)14-10-25-17(19-14)18-12-4-5-15-16(9-12)24-7-6-23-15/h1-5,8-10H,6-7H2,(H,18,19). The molecular formula is C17H13N3O4S. The van der Waals surface area contributed by atoms with Gasteiger partial charge in [-0.2, -0.15) is 0 Å². The maximum Gasteiger partial charge on any atom is 0.270 e. The minimum absolute atomic E-state index is 0.0480. The zero-order valence-electron chi connectivity index (χ0n) is 13.0. The molecule has 1 N–H and O–H groups in total. The molecule has 0 atom stereocenters. The van der Waals surface area contributed by atoms with E-state index in [1.54, 1.807) is 12.1 Å². The van der Waals surface area contributed by atoms with Crippen LogP contribution in [-0.2, 0) is 0 Å². The maximum atomic E-state index is 10.9. The van der Waals surface area contributed by atoms with Gasteiger partial charge < -0.3 is 14.8 Å². The van der Waals surface area contributed by atoms with Crippen LogP contribution in [0.25, 0.3) is 11.3 Å². The Labute approximate surface area is 147 Å². The Balaban J connectivity index is 1.55. The number of nitrogens with zero attached hydrogens (tertiary/aromatic N) is 2. The van der Waals surface area contributed by atoms with Crippen molar-refractivity contribution in [2.24, 2.45) is 0 Å². The molecular weight excluding hydrogens is 342 g/mol. The van der Waals surface area contributed by atoms with Gasteiger partial charge in [-0.15, -0.1) is 11.3 Å². The Kier molecular flexibility index (Phi) is 3.95. The summed E-state index contributed by atoms with van der Waals surface area (Å²) in [5.74, 6) is 1.43. The summed E-state index contributed by atoms with van der Waals surface area (Å²) in [4.78, 5) is 15.0. The summed E-state index contributed by atoms with van der Waals surface area (Å²) in [7, 11) is 0. The highest BCUT2D eigenvalue weighted by molar-refractivity contribution is 7.14. The van der Waals surface area contributed by atoms with Crippen molar-refractivity contribution in [1.29, 1.82) is 0 Å². The first-order valence-electron chi connectivity index (χ1n) is 7.56. The molecule has 7 nitrogen and oxygen atoms in total. The molecule has 0 spiro atoms. The van der Waals surface area contributed by atoms with E-state index in [-0.39, 0.29) is 5.69 Å². The molecule has 126 valence electrons. The summed E-state index contributed by atoms with van der Waals surface area (Å²) in [5.41, 5.74) is 2.28. The van der Waals surface area contributed by atoms with Gasteiger partial charge in [0, 0.05) is 34.8 Å². The molecule has 0 radical (unpaired) electrons. The molecule has 0 amide bonds. The van der Waals surface area contributed by atoms with Crippen LogP contribution in [0.1, 0.15) is 0 Å². The number of hydrogen-bond acceptors (Lipinski definition) is 7. The van der Waals surface area contributed by atoms with Gasteiger partial charge in [-0.3, -0.25) is 10.1 Å². The minimum atomic E-state index is -0.412. The Morgan fingerprint density at radius 3 is 2.80 bits per heavy atom. The average molecular weight is 355 g/mol. The third-order valence-corrected chi connectivity index (χ3v) is 4.41. The normalized spacial score (nSPS) is 12.6. The molecule has 1 aliphatic heterocycles. The van der Waals surface area contributed by atoms with Gasteiger partial charge in [-0.25, -0.2) is 4.98 Å². The van der Waals surface area contributed by atoms with Crippen molar-refractivity contribution in [3.05, 3.63) is 58.0 Å². The molecule has 4 rings (SSSR count). The second-order valence-corrected chi connectivity index (χ2v) is 6.19. The second-order valence-electron chi connectivity index (χ2n) is 5.33. The molecule has 25 heavy (non-hydrogen) atoms. The third kappa shape index (κ3) is 3.24. The number of rotatable bonds is 4. The fraction of sp³-hybridized carbons (Fsp3) is 0.118. The number of nitro groups is 1. The molecule has 8 heteroatoms. The largest absolute Gasteiger partial charge is 0.486 e. The van der Waals surface area contributed by atoms with Crippen molar-refractivity contribution >= 4 is 27.8 Å². The van der Waals surface area contributed by atoms with Crippen LogP contribution in [0.15, 0.2) is 47.8 Å². The second kappa shape index (κ2) is 6.40. The van der Waals surface area contributed by atoms with Gasteiger partial charge >= 0.3 is 0 Å². The van der Waals surface area contributed by atoms with Crippen LogP contribution in [0.3, 0.4) is 0 Å². The molecule has 2 heterocycles. The van der Waals surface area contributed by atoms with Crippen LogP contribution in [0.2, 0.25) is 0 Å². The van der Waals surface area contributed by atoms with E-state index in [2.05, 4.69) is 10.3 Å². The molecule has 0 saturated heterocycles. The molecule has 0 bridgehead atoms. The summed E-state index contributed by atoms with van der Waals surface area (Å²) in [5, 5.41) is 16.7. The molecule has 2 aromatic carbocycles. The van der Waals surface area contributed by atoms with Gasteiger partial charge in [0.05, 0.1) is 10.6 Å². The Hall–Kier alpha value is -3.13. The van der Waals surface area contributed by atoms with Crippen LogP contribution >= 0.6 is 11.3 Å². The summed E-state index contributed by atoms with van der Waals surface area (Å²) >= 11 is 1.43. The average Bonchev–Trinajstić information content (AvgIpc) is 3.10. The lowest BCUT2D eigenvalue weighted by Crippen LogP contribution is -2.15. The van der Waals surface area contributed by atoms with E-state index >= 15 is 0 Å². The predicted octanol–water partition coefficient (Wildman–Crippen LogP) is 4.23. The van der Waals surface area contributed by atoms with E-state index in [1.165, 1.54) is 23.5 Å². The molecule has 3 aromatic rings. The lowest BCUT2D eigenvalue weighted by atomic mass is 10.1. The number of aromatic nitrogens is 1. The highest BCUT2D eigenvalue weighted by Crippen LogP contribution is 2.35. The van der Waals surface area contributed by atoms with E-state index in [0.29, 0.717) is 35.4 Å². The first-order valence-corrected chi connectivity index (χ1v) is 8.44. The van der Waals surface area contributed by atoms with Crippen molar-refractivity contribution < 1.29 is 14.4 Å². The quantitative estimate of drug-likeness (QED) is 0.557. The summed E-state index contributed by atoms with van der Waals surface area (Å²) < 4.78 is 11.1. The number of fused-ring (bicyclic) bond motifs is 1. The van der Waals surface area contributed by atoms with Crippen LogP contribution in [0.4, 0.5) is 16.5 Å². The van der Waals surface area contributed by atoms with Crippen LogP contribution in [0, 0.1) is 10.1 Å². The number of hydrogen-bond donors (Lipinski definition) is 1. The number of non-ortho nitro benzene ring substituents is 1. The topological polar surface area (TPSA) is 86.5 Å². The van der Waals surface area contributed by atoms with Gasteiger partial charge in [0.2, 0.25) is 0 Å². The predicted molar refractivity (Wildman–Crippen MR) is 94.9 cm³/mol. The van der Waals surface area contributed by atoms with Crippen molar-refractivity contribution in [1.82, 2.24) is 4.98 Å². The van der Waals surface area contributed by atoms with Gasteiger partial charge in [0.15, 0.2) is 16.6 Å². The first-order chi connectivity index (χ1) is 12.2. The van der Waals surface area contributed by atoms with E-state index < -0.39 is 4.92 Å². The molecule has 0 saturated carbocycles. The number of anilines is 2. The number of ether oxygens (including phenoxy) is 2. The summed E-state index contributed by atoms with van der Waals surface area (Å²) in [6, 6.07) is 12.0. The van der Waals surface area contributed by atoms with E-state index in [9.17, 15) is 10.1 Å². The van der Waals surface area contributed by atoms with Crippen molar-refractivity contribution in [2.45, 2.75) is 0 Å². The fourth-order valence-corrected chi connectivity index (χ4v) is 3.23. The highest BCUT2D eigenvalue weighted by atomic mass is 32.1. The van der Waals surface area contributed by atoms with Crippen LogP contribution in [0.5, 0.6) is 11.5 Å². The van der Waals surface area contributed by atoms with Gasteiger partial charge in [-0.05, 0) is 12.1 Å². The van der Waals surface area contributed by atoms with Crippen LogP contribution < -0.4 is 14.8 Å². The van der Waals surface area contributed by atoms with Crippen molar-refractivity contribution in [3.8, 4) is 22.8 Å². The molecule has 0 fully saturated rings. The van der Waals surface area contributed by atoms with Gasteiger partial charge in [0.1, 0.15) is 13.2 Å². The Morgan fingerprint density at radius 2 is 1.96 bits per heavy atom. The molecule has 0 unspecified atom stereocenters. The fourth-order valence-electron chi connectivity index (χ4n) is 2.49. The smallest absolute Gasteiger partial charge is 0.270 e. The Morgan fingerprint density at radius 1 is 1.12 bits per heavy atom. The van der Waals surface area contributed by atoms with E-state index in [0.717, 1.165) is 11.4 Å². The number of nitro benzene ring substituents is 1. The van der Waals surface area contributed by atoms with Crippen molar-refractivity contribution in [2.75, 3.05) is 18.5 Å². The lowest BCUT2D eigenvalue weighted by Gasteiger charge is -2.18. The summed E-state index contributed by atoms with van der Waals surface area (Å²) in [6.45, 7) is 1.09. The first kappa shape index (κ1) is 15.4. The van der Waals surface area contributed by atoms with E-state index in [4.69, 9.17) is 9.47 Å². The van der Waals surface area contributed by atoms with Crippen LogP contribution in [-0.4, -0.2) is 23.1 Å².